The highest BCUT2D eigenvalue weighted by Gasteiger charge is 2.22. The summed E-state index contributed by atoms with van der Waals surface area (Å²) in [6.45, 7) is 3.85. The Kier molecular flexibility index (Phi) is 5.88. The maximum atomic E-state index is 13.5. The smallest absolute Gasteiger partial charge is 0.296 e. The van der Waals surface area contributed by atoms with Crippen molar-refractivity contribution in [1.82, 2.24) is 4.57 Å². The van der Waals surface area contributed by atoms with E-state index >= 15 is 0 Å². The average molecular weight is 456 g/mol. The van der Waals surface area contributed by atoms with Gasteiger partial charge in [-0.25, -0.2) is 8.78 Å². The molecule has 3 aromatic carbocycles. The fourth-order valence-electron chi connectivity index (χ4n) is 4.14. The Balaban J connectivity index is 1.79. The molecule has 0 fully saturated rings. The summed E-state index contributed by atoms with van der Waals surface area (Å²) >= 11 is 0. The molecule has 0 aliphatic carbocycles. The van der Waals surface area contributed by atoms with Gasteiger partial charge in [0.15, 0.2) is 11.6 Å². The zero-order chi connectivity index (χ0) is 23.0. The van der Waals surface area contributed by atoms with Crippen LogP contribution in [0.2, 0.25) is 0 Å². The molecule has 0 bridgehead atoms. The lowest BCUT2D eigenvalue weighted by molar-refractivity contribution is 0.482. The molecule has 0 atom stereocenters. The highest BCUT2D eigenvalue weighted by Crippen LogP contribution is 2.31. The van der Waals surface area contributed by atoms with Crippen LogP contribution in [-0.4, -0.2) is 17.5 Å². The molecule has 0 aliphatic heterocycles. The Morgan fingerprint density at radius 1 is 0.906 bits per heavy atom. The molecule has 0 aliphatic rings. The fourth-order valence-corrected chi connectivity index (χ4v) is 4.85. The summed E-state index contributed by atoms with van der Waals surface area (Å²) in [7, 11) is -4.43. The summed E-state index contributed by atoms with van der Waals surface area (Å²) in [6, 6.07) is 14.8. The second kappa shape index (κ2) is 8.48. The SMILES string of the molecule is CCc1c(C)ccc(S(=O)(=O)O)c1-n1ccc2ccc(CCc3ccc(F)c(F)c3)cc21. The second-order valence-corrected chi connectivity index (χ2v) is 9.25. The Morgan fingerprint density at radius 2 is 1.59 bits per heavy atom. The number of halogens is 2. The molecule has 1 N–H and O–H groups in total. The molecule has 1 aromatic heterocycles. The van der Waals surface area contributed by atoms with Crippen molar-refractivity contribution in [1.29, 1.82) is 0 Å². The van der Waals surface area contributed by atoms with Gasteiger partial charge in [0, 0.05) is 6.20 Å². The van der Waals surface area contributed by atoms with Gasteiger partial charge in [0.25, 0.3) is 10.1 Å². The van der Waals surface area contributed by atoms with E-state index in [1.807, 2.05) is 38.1 Å². The predicted octanol–water partition coefficient (Wildman–Crippen LogP) is 5.81. The van der Waals surface area contributed by atoms with E-state index in [-0.39, 0.29) is 4.90 Å². The molecular formula is C25H23F2NO3S. The molecule has 4 aromatic rings. The average Bonchev–Trinajstić information content (AvgIpc) is 3.16. The van der Waals surface area contributed by atoms with Crippen molar-refractivity contribution in [3.05, 3.63) is 94.7 Å². The van der Waals surface area contributed by atoms with E-state index in [1.165, 1.54) is 12.1 Å². The summed E-state index contributed by atoms with van der Waals surface area (Å²) in [5, 5.41) is 0.923. The Hall–Kier alpha value is -3.03. The lowest BCUT2D eigenvalue weighted by Crippen LogP contribution is -2.09. The van der Waals surface area contributed by atoms with Gasteiger partial charge in [-0.15, -0.1) is 0 Å². The van der Waals surface area contributed by atoms with Crippen molar-refractivity contribution in [2.45, 2.75) is 38.0 Å². The summed E-state index contributed by atoms with van der Waals surface area (Å²) in [6.07, 6.45) is 3.53. The maximum Gasteiger partial charge on any atom is 0.296 e. The zero-order valence-corrected chi connectivity index (χ0v) is 18.6. The van der Waals surface area contributed by atoms with E-state index in [0.29, 0.717) is 30.5 Å². The molecule has 7 heteroatoms. The van der Waals surface area contributed by atoms with Crippen LogP contribution in [0, 0.1) is 18.6 Å². The number of aryl methyl sites for hydroxylation is 3. The Labute approximate surface area is 185 Å². The van der Waals surface area contributed by atoms with Crippen molar-refractivity contribution in [3.63, 3.8) is 0 Å². The quantitative estimate of drug-likeness (QED) is 0.373. The van der Waals surface area contributed by atoms with Gasteiger partial charge in [-0.2, -0.15) is 8.42 Å². The summed E-state index contributed by atoms with van der Waals surface area (Å²) in [4.78, 5) is -0.135. The molecule has 0 unspecified atom stereocenters. The molecule has 0 saturated carbocycles. The first-order chi connectivity index (χ1) is 15.2. The number of benzene rings is 3. The van der Waals surface area contributed by atoms with Crippen LogP contribution < -0.4 is 0 Å². The minimum Gasteiger partial charge on any atom is -0.315 e. The molecule has 1 heterocycles. The first-order valence-corrected chi connectivity index (χ1v) is 11.8. The number of hydrogen-bond acceptors (Lipinski definition) is 2. The lowest BCUT2D eigenvalue weighted by Gasteiger charge is -2.17. The summed E-state index contributed by atoms with van der Waals surface area (Å²) in [5.41, 5.74) is 4.69. The third kappa shape index (κ3) is 4.18. The summed E-state index contributed by atoms with van der Waals surface area (Å²) in [5.74, 6) is -1.73. The fraction of sp³-hybridized carbons (Fsp3) is 0.200. The first kappa shape index (κ1) is 22.2. The highest BCUT2D eigenvalue weighted by molar-refractivity contribution is 7.86. The standard InChI is InChI=1S/C25H23F2NO3S/c1-3-20-16(2)4-11-24(32(29,30)31)25(20)28-13-12-19-9-7-18(15-23(19)28)6-5-17-8-10-21(26)22(27)14-17/h4,7-15H,3,5-6H2,1-2H3,(H,29,30,31). The largest absolute Gasteiger partial charge is 0.315 e. The molecule has 4 rings (SSSR count). The van der Waals surface area contributed by atoms with Crippen LogP contribution in [0.25, 0.3) is 16.6 Å². The molecular weight excluding hydrogens is 432 g/mol. The van der Waals surface area contributed by atoms with Gasteiger partial charge in [0.2, 0.25) is 0 Å². The zero-order valence-electron chi connectivity index (χ0n) is 17.8. The number of nitrogens with zero attached hydrogens (tertiary/aromatic N) is 1. The third-order valence-corrected chi connectivity index (χ3v) is 6.68. The van der Waals surface area contributed by atoms with Crippen LogP contribution in [-0.2, 0) is 29.4 Å². The minimum atomic E-state index is -4.43. The maximum absolute atomic E-state index is 13.5. The Bertz CT molecular complexity index is 1420. The van der Waals surface area contributed by atoms with Crippen molar-refractivity contribution < 1.29 is 21.8 Å². The third-order valence-electron chi connectivity index (χ3n) is 5.80. The van der Waals surface area contributed by atoms with E-state index in [9.17, 15) is 21.8 Å². The van der Waals surface area contributed by atoms with E-state index < -0.39 is 21.8 Å². The van der Waals surface area contributed by atoms with E-state index in [2.05, 4.69) is 0 Å². The van der Waals surface area contributed by atoms with Gasteiger partial charge in [-0.1, -0.05) is 31.2 Å². The van der Waals surface area contributed by atoms with Gasteiger partial charge >= 0.3 is 0 Å². The molecule has 32 heavy (non-hydrogen) atoms. The van der Waals surface area contributed by atoms with Crippen LogP contribution in [0.1, 0.15) is 29.2 Å². The van der Waals surface area contributed by atoms with E-state index in [0.717, 1.165) is 33.7 Å². The number of hydrogen-bond donors (Lipinski definition) is 1. The van der Waals surface area contributed by atoms with Crippen LogP contribution >= 0.6 is 0 Å². The van der Waals surface area contributed by atoms with Crippen molar-refractivity contribution in [3.8, 4) is 5.69 Å². The molecule has 166 valence electrons. The summed E-state index contributed by atoms with van der Waals surface area (Å²) < 4.78 is 62.6. The van der Waals surface area contributed by atoms with Crippen LogP contribution in [0.5, 0.6) is 0 Å². The monoisotopic (exact) mass is 455 g/mol. The topological polar surface area (TPSA) is 59.3 Å². The number of aromatic nitrogens is 1. The van der Waals surface area contributed by atoms with Gasteiger partial charge < -0.3 is 4.57 Å². The minimum absolute atomic E-state index is 0.135. The van der Waals surface area contributed by atoms with Gasteiger partial charge in [-0.3, -0.25) is 4.55 Å². The van der Waals surface area contributed by atoms with Crippen molar-refractivity contribution in [2.24, 2.45) is 0 Å². The molecule has 4 nitrogen and oxygen atoms in total. The van der Waals surface area contributed by atoms with Crippen LogP contribution in [0.3, 0.4) is 0 Å². The Morgan fingerprint density at radius 3 is 2.25 bits per heavy atom. The molecule has 0 radical (unpaired) electrons. The number of rotatable bonds is 6. The van der Waals surface area contributed by atoms with Crippen LogP contribution in [0.15, 0.2) is 65.7 Å². The van der Waals surface area contributed by atoms with Gasteiger partial charge in [-0.05, 0) is 84.2 Å². The first-order valence-electron chi connectivity index (χ1n) is 10.3. The molecule has 0 saturated heterocycles. The number of fused-ring (bicyclic) bond motifs is 1. The second-order valence-electron chi connectivity index (χ2n) is 7.86. The van der Waals surface area contributed by atoms with E-state index in [4.69, 9.17) is 0 Å². The molecule has 0 amide bonds. The molecule has 0 spiro atoms. The highest BCUT2D eigenvalue weighted by atomic mass is 32.2. The van der Waals surface area contributed by atoms with E-state index in [1.54, 1.807) is 22.9 Å². The van der Waals surface area contributed by atoms with Gasteiger partial charge in [0.1, 0.15) is 4.90 Å². The van der Waals surface area contributed by atoms with Crippen LogP contribution in [0.4, 0.5) is 8.78 Å². The van der Waals surface area contributed by atoms with Crippen molar-refractivity contribution >= 4 is 21.0 Å². The van der Waals surface area contributed by atoms with Gasteiger partial charge in [0.05, 0.1) is 11.2 Å². The predicted molar refractivity (Wildman–Crippen MR) is 121 cm³/mol. The lowest BCUT2D eigenvalue weighted by atomic mass is 10.0. The van der Waals surface area contributed by atoms with Crippen molar-refractivity contribution in [2.75, 3.05) is 0 Å². The normalized spacial score (nSPS) is 11.9.